The van der Waals surface area contributed by atoms with Crippen molar-refractivity contribution in [2.45, 2.75) is 18.9 Å². The van der Waals surface area contributed by atoms with Crippen LogP contribution in [-0.4, -0.2) is 41.0 Å². The molecule has 1 aliphatic rings. The van der Waals surface area contributed by atoms with Crippen molar-refractivity contribution in [3.05, 3.63) is 70.6 Å². The highest BCUT2D eigenvalue weighted by Gasteiger charge is 2.23. The number of benzene rings is 1. The van der Waals surface area contributed by atoms with Crippen molar-refractivity contribution in [1.29, 1.82) is 0 Å². The van der Waals surface area contributed by atoms with Crippen LogP contribution in [0.3, 0.4) is 0 Å². The number of anilines is 1. The number of hydrogen-bond acceptors (Lipinski definition) is 5. The van der Waals surface area contributed by atoms with E-state index in [-0.39, 0.29) is 11.6 Å². The van der Waals surface area contributed by atoms with Crippen LogP contribution in [0.2, 0.25) is 0 Å². The molecule has 4 rings (SSSR count). The van der Waals surface area contributed by atoms with Gasteiger partial charge in [-0.15, -0.1) is 0 Å². The molecule has 0 spiro atoms. The Morgan fingerprint density at radius 1 is 1.15 bits per heavy atom. The molecule has 0 amide bonds. The van der Waals surface area contributed by atoms with Crippen molar-refractivity contribution in [2.24, 2.45) is 0 Å². The average Bonchev–Trinajstić information content (AvgIpc) is 3.23. The summed E-state index contributed by atoms with van der Waals surface area (Å²) in [4.78, 5) is 19.4. The molecule has 1 unspecified atom stereocenters. The van der Waals surface area contributed by atoms with Gasteiger partial charge in [0.2, 0.25) is 0 Å². The molecule has 0 aliphatic carbocycles. The Bertz CT molecular complexity index is 962. The summed E-state index contributed by atoms with van der Waals surface area (Å²) in [6, 6.07) is 15.6. The zero-order valence-electron chi connectivity index (χ0n) is 15.5. The number of nitrogens with zero attached hydrogens (tertiary/aromatic N) is 3. The lowest BCUT2D eigenvalue weighted by Gasteiger charge is -2.28. The Hall–Kier alpha value is -2.86. The molecule has 6 heteroatoms. The number of hydrogen-bond donors (Lipinski definition) is 1. The molecule has 1 saturated heterocycles. The van der Waals surface area contributed by atoms with E-state index >= 15 is 0 Å². The van der Waals surface area contributed by atoms with Crippen molar-refractivity contribution in [3.8, 4) is 5.75 Å². The normalized spacial score (nSPS) is 15.7. The maximum Gasteiger partial charge on any atom is 0.259 e. The number of ether oxygens (including phenoxy) is 1. The van der Waals surface area contributed by atoms with Gasteiger partial charge in [0.1, 0.15) is 17.2 Å². The van der Waals surface area contributed by atoms with Crippen LogP contribution in [0.5, 0.6) is 5.75 Å². The lowest BCUT2D eigenvalue weighted by Crippen LogP contribution is -2.31. The van der Waals surface area contributed by atoms with Gasteiger partial charge in [0, 0.05) is 18.8 Å². The second-order valence-electron chi connectivity index (χ2n) is 6.82. The van der Waals surface area contributed by atoms with Gasteiger partial charge in [-0.3, -0.25) is 14.1 Å². The highest BCUT2D eigenvalue weighted by Crippen LogP contribution is 2.27. The first-order valence-electron chi connectivity index (χ1n) is 9.35. The second kappa shape index (κ2) is 7.80. The predicted molar refractivity (Wildman–Crippen MR) is 106 cm³/mol. The zero-order chi connectivity index (χ0) is 18.6. The van der Waals surface area contributed by atoms with Crippen molar-refractivity contribution in [2.75, 3.05) is 32.1 Å². The first kappa shape index (κ1) is 17.5. The van der Waals surface area contributed by atoms with Crippen LogP contribution in [0, 0.1) is 0 Å². The molecule has 1 aliphatic heterocycles. The van der Waals surface area contributed by atoms with Gasteiger partial charge < -0.3 is 10.1 Å². The molecule has 6 nitrogen and oxygen atoms in total. The van der Waals surface area contributed by atoms with Crippen LogP contribution in [-0.2, 0) is 0 Å². The Labute approximate surface area is 158 Å². The topological polar surface area (TPSA) is 58.9 Å². The van der Waals surface area contributed by atoms with Crippen LogP contribution in [0.4, 0.5) is 5.82 Å². The molecule has 3 aromatic rings. The predicted octanol–water partition coefficient (Wildman–Crippen LogP) is 2.95. The molecule has 1 N–H and O–H groups in total. The van der Waals surface area contributed by atoms with Gasteiger partial charge >= 0.3 is 0 Å². The third-order valence-corrected chi connectivity index (χ3v) is 5.13. The minimum absolute atomic E-state index is 0.0785. The SMILES string of the molecule is COc1ccc(C(CNc2cc(=O)n3ccccc3n2)N2CCCC2)cc1. The molecule has 0 saturated carbocycles. The molecule has 27 heavy (non-hydrogen) atoms. The van der Waals surface area contributed by atoms with Gasteiger partial charge in [-0.05, 0) is 55.8 Å². The van der Waals surface area contributed by atoms with E-state index in [2.05, 4.69) is 27.3 Å². The Morgan fingerprint density at radius 3 is 2.67 bits per heavy atom. The molecule has 0 radical (unpaired) electrons. The fraction of sp³-hybridized carbons (Fsp3) is 0.333. The molecule has 140 valence electrons. The standard InChI is InChI=1S/C21H24N4O2/c1-27-17-9-7-16(8-10-17)18(24-11-4-5-12-24)15-22-19-14-21(26)25-13-3-2-6-20(25)23-19/h2-3,6-10,13-14,18,22H,4-5,11-12,15H2,1H3. The van der Waals surface area contributed by atoms with Gasteiger partial charge in [-0.25, -0.2) is 4.98 Å². The zero-order valence-corrected chi connectivity index (χ0v) is 15.5. The van der Waals surface area contributed by atoms with E-state index in [1.165, 1.54) is 18.4 Å². The lowest BCUT2D eigenvalue weighted by molar-refractivity contribution is 0.255. The summed E-state index contributed by atoms with van der Waals surface area (Å²) in [6.45, 7) is 2.88. The summed E-state index contributed by atoms with van der Waals surface area (Å²) in [6.07, 6.45) is 4.18. The Kier molecular flexibility index (Phi) is 5.07. The van der Waals surface area contributed by atoms with Gasteiger partial charge in [0.15, 0.2) is 0 Å². The van der Waals surface area contributed by atoms with Gasteiger partial charge in [0.25, 0.3) is 5.56 Å². The van der Waals surface area contributed by atoms with Crippen molar-refractivity contribution in [1.82, 2.24) is 14.3 Å². The Balaban J connectivity index is 1.57. The van der Waals surface area contributed by atoms with E-state index in [1.54, 1.807) is 23.8 Å². The average molecular weight is 364 g/mol. The minimum Gasteiger partial charge on any atom is -0.497 e. The smallest absolute Gasteiger partial charge is 0.259 e. The van der Waals surface area contributed by atoms with Crippen LogP contribution < -0.4 is 15.6 Å². The van der Waals surface area contributed by atoms with Gasteiger partial charge in [-0.1, -0.05) is 18.2 Å². The molecule has 1 fully saturated rings. The number of rotatable bonds is 6. The molecule has 2 aromatic heterocycles. The first-order valence-corrected chi connectivity index (χ1v) is 9.35. The van der Waals surface area contributed by atoms with E-state index in [4.69, 9.17) is 4.74 Å². The number of aromatic nitrogens is 2. The summed E-state index contributed by atoms with van der Waals surface area (Å²) in [5.74, 6) is 1.47. The number of likely N-dealkylation sites (tertiary alicyclic amines) is 1. The Morgan fingerprint density at radius 2 is 1.93 bits per heavy atom. The van der Waals surface area contributed by atoms with E-state index in [0.717, 1.165) is 18.8 Å². The van der Waals surface area contributed by atoms with E-state index < -0.39 is 0 Å². The highest BCUT2D eigenvalue weighted by molar-refractivity contribution is 5.46. The van der Waals surface area contributed by atoms with Gasteiger partial charge in [0.05, 0.1) is 13.2 Å². The second-order valence-corrected chi connectivity index (χ2v) is 6.82. The number of methoxy groups -OCH3 is 1. The van der Waals surface area contributed by atoms with Crippen molar-refractivity contribution in [3.63, 3.8) is 0 Å². The summed E-state index contributed by atoms with van der Waals surface area (Å²) in [7, 11) is 1.68. The fourth-order valence-corrected chi connectivity index (χ4v) is 3.68. The maximum atomic E-state index is 12.3. The van der Waals surface area contributed by atoms with Crippen molar-refractivity contribution >= 4 is 11.5 Å². The molecule has 3 heterocycles. The summed E-state index contributed by atoms with van der Waals surface area (Å²) >= 11 is 0. The van der Waals surface area contributed by atoms with Crippen molar-refractivity contribution < 1.29 is 4.74 Å². The largest absolute Gasteiger partial charge is 0.497 e. The molecule has 1 aromatic carbocycles. The van der Waals surface area contributed by atoms with Gasteiger partial charge in [-0.2, -0.15) is 0 Å². The summed E-state index contributed by atoms with van der Waals surface area (Å²) in [5, 5.41) is 3.38. The molecular weight excluding hydrogens is 340 g/mol. The van der Waals surface area contributed by atoms with Crippen LogP contribution >= 0.6 is 0 Å². The van der Waals surface area contributed by atoms with Crippen LogP contribution in [0.15, 0.2) is 59.5 Å². The molecule has 1 atom stereocenters. The van der Waals surface area contributed by atoms with E-state index in [1.807, 2.05) is 30.3 Å². The van der Waals surface area contributed by atoms with Crippen LogP contribution in [0.25, 0.3) is 5.65 Å². The fourth-order valence-electron chi connectivity index (χ4n) is 3.68. The first-order chi connectivity index (χ1) is 13.2. The molecule has 0 bridgehead atoms. The minimum atomic E-state index is -0.0785. The molecular formula is C21H24N4O2. The highest BCUT2D eigenvalue weighted by atomic mass is 16.5. The number of fused-ring (bicyclic) bond motifs is 1. The third-order valence-electron chi connectivity index (χ3n) is 5.13. The summed E-state index contributed by atoms with van der Waals surface area (Å²) < 4.78 is 6.83. The monoisotopic (exact) mass is 364 g/mol. The number of pyridine rings is 1. The maximum absolute atomic E-state index is 12.3. The quantitative estimate of drug-likeness (QED) is 0.729. The van der Waals surface area contributed by atoms with Crippen LogP contribution in [0.1, 0.15) is 24.4 Å². The number of nitrogens with one attached hydrogen (secondary N) is 1. The van der Waals surface area contributed by atoms with E-state index in [0.29, 0.717) is 18.0 Å². The lowest BCUT2D eigenvalue weighted by atomic mass is 10.1. The third kappa shape index (κ3) is 3.80. The summed E-state index contributed by atoms with van der Waals surface area (Å²) in [5.41, 5.74) is 1.81. The van der Waals surface area contributed by atoms with E-state index in [9.17, 15) is 4.79 Å².